The summed E-state index contributed by atoms with van der Waals surface area (Å²) in [5.74, 6) is 1.44. The van der Waals surface area contributed by atoms with Crippen LogP contribution in [0.5, 0.6) is 5.75 Å². The van der Waals surface area contributed by atoms with Crippen LogP contribution < -0.4 is 10.1 Å². The molecule has 1 heterocycles. The van der Waals surface area contributed by atoms with Gasteiger partial charge in [0.05, 0.1) is 13.7 Å². The first-order valence-corrected chi connectivity index (χ1v) is 5.83. The van der Waals surface area contributed by atoms with Crippen molar-refractivity contribution >= 4 is 11.7 Å². The van der Waals surface area contributed by atoms with Gasteiger partial charge in [0.1, 0.15) is 11.6 Å². The molecule has 1 aromatic heterocycles. The van der Waals surface area contributed by atoms with Gasteiger partial charge in [-0.15, -0.1) is 0 Å². The number of carbonyl (C=O) groups is 1. The molecule has 1 aromatic carbocycles. The molecular formula is C13H16N4O2. The first kappa shape index (κ1) is 12.9. The Bertz CT molecular complexity index is 539. The Morgan fingerprint density at radius 1 is 1.53 bits per heavy atom. The molecule has 19 heavy (non-hydrogen) atoms. The monoisotopic (exact) mass is 260 g/mol. The van der Waals surface area contributed by atoms with Crippen molar-refractivity contribution in [2.45, 2.75) is 6.54 Å². The molecule has 0 fully saturated rings. The lowest BCUT2D eigenvalue weighted by Crippen LogP contribution is -2.31. The van der Waals surface area contributed by atoms with Crippen LogP contribution in [0.25, 0.3) is 0 Å². The van der Waals surface area contributed by atoms with E-state index in [0.717, 1.165) is 5.82 Å². The number of methoxy groups -OCH3 is 1. The maximum Gasteiger partial charge on any atom is 0.321 e. The Kier molecular flexibility index (Phi) is 4.02. The van der Waals surface area contributed by atoms with Gasteiger partial charge >= 0.3 is 6.03 Å². The summed E-state index contributed by atoms with van der Waals surface area (Å²) in [6, 6.07) is 7.01. The predicted molar refractivity (Wildman–Crippen MR) is 72.1 cm³/mol. The maximum atomic E-state index is 12.0. The molecule has 6 nitrogen and oxygen atoms in total. The highest BCUT2D eigenvalue weighted by Crippen LogP contribution is 2.17. The van der Waals surface area contributed by atoms with E-state index in [9.17, 15) is 4.79 Å². The van der Waals surface area contributed by atoms with Gasteiger partial charge in [-0.25, -0.2) is 9.78 Å². The van der Waals surface area contributed by atoms with E-state index in [4.69, 9.17) is 4.74 Å². The third-order valence-electron chi connectivity index (χ3n) is 2.61. The minimum absolute atomic E-state index is 0.204. The quantitative estimate of drug-likeness (QED) is 0.884. The van der Waals surface area contributed by atoms with Crippen LogP contribution in [-0.2, 0) is 6.54 Å². The molecule has 2 rings (SSSR count). The van der Waals surface area contributed by atoms with Gasteiger partial charge < -0.3 is 19.9 Å². The Morgan fingerprint density at radius 2 is 2.37 bits per heavy atom. The lowest BCUT2D eigenvalue weighted by molar-refractivity contribution is 0.219. The minimum Gasteiger partial charge on any atom is -0.497 e. The summed E-state index contributed by atoms with van der Waals surface area (Å²) in [4.78, 5) is 20.5. The van der Waals surface area contributed by atoms with Crippen LogP contribution in [0.3, 0.4) is 0 Å². The van der Waals surface area contributed by atoms with Crippen molar-refractivity contribution in [2.75, 3.05) is 19.5 Å². The van der Waals surface area contributed by atoms with E-state index in [1.165, 1.54) is 4.90 Å². The van der Waals surface area contributed by atoms with Crippen LogP contribution in [0.15, 0.2) is 36.7 Å². The minimum atomic E-state index is -0.204. The van der Waals surface area contributed by atoms with Crippen LogP contribution >= 0.6 is 0 Å². The smallest absolute Gasteiger partial charge is 0.321 e. The molecule has 0 aliphatic rings. The molecule has 0 saturated carbocycles. The van der Waals surface area contributed by atoms with E-state index in [1.54, 1.807) is 38.7 Å². The van der Waals surface area contributed by atoms with Crippen molar-refractivity contribution in [2.24, 2.45) is 0 Å². The zero-order valence-electron chi connectivity index (χ0n) is 10.9. The lowest BCUT2D eigenvalue weighted by atomic mass is 10.3. The van der Waals surface area contributed by atoms with E-state index in [2.05, 4.69) is 15.3 Å². The van der Waals surface area contributed by atoms with Crippen molar-refractivity contribution in [3.8, 4) is 5.75 Å². The predicted octanol–water partition coefficient (Wildman–Crippen LogP) is 2.08. The van der Waals surface area contributed by atoms with Crippen molar-refractivity contribution < 1.29 is 9.53 Å². The van der Waals surface area contributed by atoms with E-state index < -0.39 is 0 Å². The summed E-state index contributed by atoms with van der Waals surface area (Å²) in [5.41, 5.74) is 0.690. The average molecular weight is 260 g/mol. The van der Waals surface area contributed by atoms with E-state index >= 15 is 0 Å². The summed E-state index contributed by atoms with van der Waals surface area (Å²) in [5, 5.41) is 2.79. The Morgan fingerprint density at radius 3 is 3.05 bits per heavy atom. The molecule has 0 bridgehead atoms. The third-order valence-corrected chi connectivity index (χ3v) is 2.61. The van der Waals surface area contributed by atoms with Gasteiger partial charge in [0.15, 0.2) is 0 Å². The summed E-state index contributed by atoms with van der Waals surface area (Å²) in [6.45, 7) is 0.419. The summed E-state index contributed by atoms with van der Waals surface area (Å²) in [6.07, 6.45) is 3.38. The second-order valence-corrected chi connectivity index (χ2v) is 4.05. The number of rotatable bonds is 4. The highest BCUT2D eigenvalue weighted by molar-refractivity contribution is 5.89. The van der Waals surface area contributed by atoms with Crippen molar-refractivity contribution in [3.05, 3.63) is 42.5 Å². The SMILES string of the molecule is COc1cccc(NC(=O)N(C)Cc2ncc[nH]2)c1. The fourth-order valence-electron chi connectivity index (χ4n) is 1.60. The zero-order chi connectivity index (χ0) is 13.7. The number of imidazole rings is 1. The molecule has 2 N–H and O–H groups in total. The van der Waals surface area contributed by atoms with E-state index in [-0.39, 0.29) is 6.03 Å². The number of H-pyrrole nitrogens is 1. The van der Waals surface area contributed by atoms with Gasteiger partial charge in [-0.2, -0.15) is 0 Å². The Hall–Kier alpha value is -2.50. The molecule has 2 amide bonds. The van der Waals surface area contributed by atoms with Crippen molar-refractivity contribution in [1.82, 2.24) is 14.9 Å². The topological polar surface area (TPSA) is 70.2 Å². The van der Waals surface area contributed by atoms with Crippen LogP contribution in [0.2, 0.25) is 0 Å². The van der Waals surface area contributed by atoms with Gasteiger partial charge in [0.25, 0.3) is 0 Å². The van der Waals surface area contributed by atoms with Crippen LogP contribution in [0.4, 0.5) is 10.5 Å². The second kappa shape index (κ2) is 5.90. The molecular weight excluding hydrogens is 244 g/mol. The fraction of sp³-hybridized carbons (Fsp3) is 0.231. The maximum absolute atomic E-state index is 12.0. The van der Waals surface area contributed by atoms with Gasteiger partial charge in [0.2, 0.25) is 0 Å². The number of benzene rings is 1. The first-order valence-electron chi connectivity index (χ1n) is 5.83. The van der Waals surface area contributed by atoms with Gasteiger partial charge in [-0.1, -0.05) is 6.07 Å². The highest BCUT2D eigenvalue weighted by atomic mass is 16.5. The average Bonchev–Trinajstić information content (AvgIpc) is 2.91. The normalized spacial score (nSPS) is 10.0. The summed E-state index contributed by atoms with van der Waals surface area (Å²) >= 11 is 0. The Labute approximate surface area is 111 Å². The number of urea groups is 1. The number of hydrogen-bond acceptors (Lipinski definition) is 3. The molecule has 0 aliphatic carbocycles. The highest BCUT2D eigenvalue weighted by Gasteiger charge is 2.10. The van der Waals surface area contributed by atoms with Gasteiger partial charge in [0, 0.05) is 31.2 Å². The third kappa shape index (κ3) is 3.48. The molecule has 0 unspecified atom stereocenters. The molecule has 0 saturated heterocycles. The lowest BCUT2D eigenvalue weighted by Gasteiger charge is -2.17. The molecule has 6 heteroatoms. The standard InChI is InChI=1S/C13H16N4O2/c1-17(9-12-14-6-7-15-12)13(18)16-10-4-3-5-11(8-10)19-2/h3-8H,9H2,1-2H3,(H,14,15)(H,16,18). The molecule has 0 atom stereocenters. The molecule has 2 aromatic rings. The molecule has 0 aliphatic heterocycles. The van der Waals surface area contributed by atoms with E-state index in [0.29, 0.717) is 18.0 Å². The number of anilines is 1. The number of carbonyl (C=O) groups excluding carboxylic acids is 1. The van der Waals surface area contributed by atoms with Crippen LogP contribution in [-0.4, -0.2) is 35.1 Å². The number of amides is 2. The number of aromatic nitrogens is 2. The zero-order valence-corrected chi connectivity index (χ0v) is 10.9. The van der Waals surface area contributed by atoms with E-state index in [1.807, 2.05) is 12.1 Å². The number of hydrogen-bond donors (Lipinski definition) is 2. The number of nitrogens with one attached hydrogen (secondary N) is 2. The molecule has 100 valence electrons. The fourth-order valence-corrected chi connectivity index (χ4v) is 1.60. The summed E-state index contributed by atoms with van der Waals surface area (Å²) in [7, 11) is 3.29. The van der Waals surface area contributed by atoms with Crippen LogP contribution in [0.1, 0.15) is 5.82 Å². The first-order chi connectivity index (χ1) is 9.19. The van der Waals surface area contributed by atoms with Crippen LogP contribution in [0, 0.1) is 0 Å². The number of ether oxygens (including phenoxy) is 1. The molecule has 0 radical (unpaired) electrons. The number of aromatic amines is 1. The number of nitrogens with zero attached hydrogens (tertiary/aromatic N) is 2. The second-order valence-electron chi connectivity index (χ2n) is 4.05. The summed E-state index contributed by atoms with van der Waals surface area (Å²) < 4.78 is 5.10. The largest absolute Gasteiger partial charge is 0.497 e. The van der Waals surface area contributed by atoms with Crippen molar-refractivity contribution in [1.29, 1.82) is 0 Å². The Balaban J connectivity index is 1.96. The van der Waals surface area contributed by atoms with Gasteiger partial charge in [-0.05, 0) is 12.1 Å². The van der Waals surface area contributed by atoms with Crippen molar-refractivity contribution in [3.63, 3.8) is 0 Å². The molecule has 0 spiro atoms. The van der Waals surface area contributed by atoms with Gasteiger partial charge in [-0.3, -0.25) is 0 Å².